The van der Waals surface area contributed by atoms with Crippen molar-refractivity contribution in [1.82, 2.24) is 15.2 Å². The molecule has 132 valence electrons. The number of fused-ring (bicyclic) bond motifs is 1. The number of carboxylic acid groups (broad SMARTS) is 1. The number of Topliss-reactive ketones (excluding diaryl/α,β-unsaturated/α-hetero) is 1. The number of hydrogen-bond acceptors (Lipinski definition) is 9. The standard InChI is InChI=1S/C13H12N4O6S2/c14-13-15-5(3-25-13)8(19)9(20)16-6-10(21)17-7(12(22)23)4(1-18)2-24-11(6)17/h3,6,11,18H,1-2H2,(H2,14,15)(H,16,20)(H,22,23)/t6-,11+/m1/s1. The summed E-state index contributed by atoms with van der Waals surface area (Å²) in [5.41, 5.74) is 5.24. The van der Waals surface area contributed by atoms with Crippen molar-refractivity contribution in [2.45, 2.75) is 11.4 Å². The van der Waals surface area contributed by atoms with Crippen molar-refractivity contribution in [2.24, 2.45) is 0 Å². The second kappa shape index (κ2) is 6.46. The fourth-order valence-electron chi connectivity index (χ4n) is 2.52. The second-order valence-corrected chi connectivity index (χ2v) is 7.17. The largest absolute Gasteiger partial charge is 0.477 e. The molecule has 1 saturated heterocycles. The Morgan fingerprint density at radius 2 is 2.16 bits per heavy atom. The number of aliphatic hydroxyl groups is 1. The van der Waals surface area contributed by atoms with Crippen LogP contribution in [-0.4, -0.2) is 67.4 Å². The highest BCUT2D eigenvalue weighted by molar-refractivity contribution is 8.00. The van der Waals surface area contributed by atoms with Crippen LogP contribution < -0.4 is 11.1 Å². The number of aromatic nitrogens is 1. The molecule has 2 amide bonds. The third kappa shape index (κ3) is 2.88. The SMILES string of the molecule is Nc1nc(C(=O)C(=O)N[C@@H]2C(=O)N3C(C(=O)O)=C(CO)CS[C@@H]23)cs1. The summed E-state index contributed by atoms with van der Waals surface area (Å²) in [5.74, 6) is -3.72. The minimum atomic E-state index is -1.33. The first-order valence-electron chi connectivity index (χ1n) is 6.92. The highest BCUT2D eigenvalue weighted by atomic mass is 32.2. The smallest absolute Gasteiger partial charge is 0.352 e. The molecule has 0 bridgehead atoms. The average molecular weight is 384 g/mol. The lowest BCUT2D eigenvalue weighted by Gasteiger charge is -2.49. The number of nitrogens with two attached hydrogens (primary N) is 1. The Labute approximate surface area is 148 Å². The topological polar surface area (TPSA) is 163 Å². The number of thiazole rings is 1. The third-order valence-electron chi connectivity index (χ3n) is 3.69. The number of nitrogen functional groups attached to an aromatic ring is 1. The molecule has 2 aliphatic heterocycles. The van der Waals surface area contributed by atoms with Gasteiger partial charge in [0.1, 0.15) is 22.8 Å². The fraction of sp³-hybridized carbons (Fsp3) is 0.308. The van der Waals surface area contributed by atoms with Crippen LogP contribution in [0.4, 0.5) is 5.13 Å². The highest BCUT2D eigenvalue weighted by Crippen LogP contribution is 2.40. The Bertz CT molecular complexity index is 819. The Morgan fingerprint density at radius 1 is 1.44 bits per heavy atom. The number of aliphatic carboxylic acids is 1. The average Bonchev–Trinajstić information content (AvgIpc) is 3.03. The number of β-lactam (4-membered cyclic amide) rings is 1. The minimum absolute atomic E-state index is 0.117. The van der Waals surface area contributed by atoms with Crippen molar-refractivity contribution >= 4 is 51.8 Å². The molecule has 25 heavy (non-hydrogen) atoms. The van der Waals surface area contributed by atoms with Crippen LogP contribution in [-0.2, 0) is 14.4 Å². The van der Waals surface area contributed by atoms with Gasteiger partial charge in [0, 0.05) is 11.1 Å². The quantitative estimate of drug-likeness (QED) is 0.273. The number of thioether (sulfide) groups is 1. The van der Waals surface area contributed by atoms with Gasteiger partial charge in [-0.2, -0.15) is 0 Å². The number of hydrogen-bond donors (Lipinski definition) is 4. The molecule has 0 saturated carbocycles. The summed E-state index contributed by atoms with van der Waals surface area (Å²) in [6.07, 6.45) is 0. The number of rotatable bonds is 5. The number of carbonyl (C=O) groups excluding carboxylic acids is 3. The molecule has 0 aromatic carbocycles. The molecule has 1 aromatic rings. The first-order chi connectivity index (χ1) is 11.8. The van der Waals surface area contributed by atoms with Crippen molar-refractivity contribution in [3.63, 3.8) is 0 Å². The number of amides is 2. The lowest BCUT2D eigenvalue weighted by atomic mass is 10.0. The fourth-order valence-corrected chi connectivity index (χ4v) is 4.40. The molecule has 3 heterocycles. The van der Waals surface area contributed by atoms with E-state index >= 15 is 0 Å². The van der Waals surface area contributed by atoms with Crippen LogP contribution in [0.5, 0.6) is 0 Å². The van der Waals surface area contributed by atoms with E-state index in [1.54, 1.807) is 0 Å². The number of nitrogens with zero attached hydrogens (tertiary/aromatic N) is 2. The monoisotopic (exact) mass is 384 g/mol. The number of carboxylic acids is 1. The van der Waals surface area contributed by atoms with Gasteiger partial charge in [0.15, 0.2) is 5.13 Å². The van der Waals surface area contributed by atoms with Gasteiger partial charge in [0.05, 0.1) is 6.61 Å². The van der Waals surface area contributed by atoms with Gasteiger partial charge in [-0.3, -0.25) is 19.3 Å². The molecular weight excluding hydrogens is 372 g/mol. The molecule has 2 atom stereocenters. The number of ketones is 1. The van der Waals surface area contributed by atoms with Gasteiger partial charge in [-0.05, 0) is 5.57 Å². The predicted molar refractivity (Wildman–Crippen MR) is 87.6 cm³/mol. The van der Waals surface area contributed by atoms with Crippen molar-refractivity contribution in [1.29, 1.82) is 0 Å². The summed E-state index contributed by atoms with van der Waals surface area (Å²) in [5, 5.41) is 21.6. The molecule has 10 nitrogen and oxygen atoms in total. The lowest BCUT2D eigenvalue weighted by molar-refractivity contribution is -0.150. The summed E-state index contributed by atoms with van der Waals surface area (Å²) in [6.45, 7) is -0.480. The molecule has 2 aliphatic rings. The van der Waals surface area contributed by atoms with E-state index in [4.69, 9.17) is 5.73 Å². The van der Waals surface area contributed by atoms with Crippen LogP contribution in [0.1, 0.15) is 10.5 Å². The van der Waals surface area contributed by atoms with Crippen molar-refractivity contribution in [3.8, 4) is 0 Å². The summed E-state index contributed by atoms with van der Waals surface area (Å²) in [7, 11) is 0. The van der Waals surface area contributed by atoms with Crippen LogP contribution in [0.3, 0.4) is 0 Å². The van der Waals surface area contributed by atoms with Crippen LogP contribution in [0, 0.1) is 0 Å². The van der Waals surface area contributed by atoms with Gasteiger partial charge in [-0.25, -0.2) is 9.78 Å². The van der Waals surface area contributed by atoms with E-state index in [1.165, 1.54) is 17.1 Å². The van der Waals surface area contributed by atoms with Crippen LogP contribution >= 0.6 is 23.1 Å². The number of carbonyl (C=O) groups is 4. The van der Waals surface area contributed by atoms with Gasteiger partial charge in [0.25, 0.3) is 17.6 Å². The number of aliphatic hydroxyl groups excluding tert-OH is 1. The van der Waals surface area contributed by atoms with E-state index in [-0.39, 0.29) is 27.8 Å². The zero-order chi connectivity index (χ0) is 18.3. The third-order valence-corrected chi connectivity index (χ3v) is 5.70. The molecule has 0 radical (unpaired) electrons. The molecule has 0 unspecified atom stereocenters. The van der Waals surface area contributed by atoms with Crippen LogP contribution in [0.25, 0.3) is 0 Å². The van der Waals surface area contributed by atoms with Gasteiger partial charge in [-0.1, -0.05) is 0 Å². The van der Waals surface area contributed by atoms with Crippen LogP contribution in [0.15, 0.2) is 16.7 Å². The van der Waals surface area contributed by atoms with E-state index in [2.05, 4.69) is 10.3 Å². The zero-order valence-electron chi connectivity index (χ0n) is 12.5. The van der Waals surface area contributed by atoms with Crippen molar-refractivity contribution in [3.05, 3.63) is 22.3 Å². The summed E-state index contributed by atoms with van der Waals surface area (Å²) >= 11 is 2.20. The van der Waals surface area contributed by atoms with Gasteiger partial charge < -0.3 is 21.3 Å². The van der Waals surface area contributed by atoms with Crippen LogP contribution in [0.2, 0.25) is 0 Å². The maximum Gasteiger partial charge on any atom is 0.352 e. The molecule has 1 aromatic heterocycles. The molecule has 5 N–H and O–H groups in total. The first-order valence-corrected chi connectivity index (χ1v) is 8.85. The van der Waals surface area contributed by atoms with Crippen molar-refractivity contribution in [2.75, 3.05) is 18.1 Å². The number of anilines is 1. The summed E-state index contributed by atoms with van der Waals surface area (Å²) in [6, 6.07) is -1.02. The van der Waals surface area contributed by atoms with E-state index < -0.39 is 41.6 Å². The zero-order valence-corrected chi connectivity index (χ0v) is 14.1. The minimum Gasteiger partial charge on any atom is -0.477 e. The Hall–Kier alpha value is -2.44. The van der Waals surface area contributed by atoms with E-state index in [9.17, 15) is 29.4 Å². The number of nitrogens with one attached hydrogen (secondary N) is 1. The van der Waals surface area contributed by atoms with E-state index in [0.717, 1.165) is 16.2 Å². The van der Waals surface area contributed by atoms with E-state index in [0.29, 0.717) is 0 Å². The molecule has 0 aliphatic carbocycles. The molecule has 12 heteroatoms. The lowest BCUT2D eigenvalue weighted by Crippen LogP contribution is -2.71. The maximum atomic E-state index is 12.2. The van der Waals surface area contributed by atoms with Crippen molar-refractivity contribution < 1.29 is 29.4 Å². The first kappa shape index (κ1) is 17.4. The predicted octanol–water partition coefficient (Wildman–Crippen LogP) is -1.36. The normalized spacial score (nSPS) is 22.3. The Morgan fingerprint density at radius 3 is 2.72 bits per heavy atom. The molecule has 3 rings (SSSR count). The van der Waals surface area contributed by atoms with E-state index in [1.807, 2.05) is 0 Å². The highest BCUT2D eigenvalue weighted by Gasteiger charge is 2.54. The Kier molecular flexibility index (Phi) is 4.49. The second-order valence-electron chi connectivity index (χ2n) is 5.18. The molecule has 0 spiro atoms. The molecular formula is C13H12N4O6S2. The maximum absolute atomic E-state index is 12.2. The summed E-state index contributed by atoms with van der Waals surface area (Å²) < 4.78 is 0. The van der Waals surface area contributed by atoms with Gasteiger partial charge in [-0.15, -0.1) is 23.1 Å². The summed E-state index contributed by atoms with van der Waals surface area (Å²) in [4.78, 5) is 52.3. The van der Waals surface area contributed by atoms with Gasteiger partial charge in [0.2, 0.25) is 0 Å². The Balaban J connectivity index is 1.74. The van der Waals surface area contributed by atoms with Gasteiger partial charge >= 0.3 is 5.97 Å². The molecule has 1 fully saturated rings.